The van der Waals surface area contributed by atoms with E-state index in [1.54, 1.807) is 14.2 Å². The van der Waals surface area contributed by atoms with E-state index in [2.05, 4.69) is 32.8 Å². The van der Waals surface area contributed by atoms with Crippen molar-refractivity contribution in [1.29, 1.82) is 0 Å². The maximum atomic E-state index is 5.75. The number of hydrogen-bond acceptors (Lipinski definition) is 4. The molecule has 0 fully saturated rings. The van der Waals surface area contributed by atoms with Crippen molar-refractivity contribution in [3.63, 3.8) is 0 Å². The van der Waals surface area contributed by atoms with Crippen LogP contribution in [0.25, 0.3) is 11.3 Å². The zero-order valence-corrected chi connectivity index (χ0v) is 12.5. The smallest absolute Gasteiger partial charge is 0.161 e. The van der Waals surface area contributed by atoms with Gasteiger partial charge in [0.25, 0.3) is 0 Å². The number of nitrogens with two attached hydrogens (primary N) is 1. The molecule has 18 heavy (non-hydrogen) atoms. The van der Waals surface area contributed by atoms with Gasteiger partial charge in [0, 0.05) is 5.56 Å². The van der Waals surface area contributed by atoms with Crippen LogP contribution in [0.4, 0.5) is 5.82 Å². The van der Waals surface area contributed by atoms with Crippen LogP contribution >= 0.6 is 22.6 Å². The number of aromatic nitrogens is 2. The van der Waals surface area contributed by atoms with E-state index in [1.807, 2.05) is 19.1 Å². The summed E-state index contributed by atoms with van der Waals surface area (Å²) in [5, 5.41) is 6.95. The van der Waals surface area contributed by atoms with Gasteiger partial charge in [-0.3, -0.25) is 5.10 Å². The van der Waals surface area contributed by atoms with Crippen molar-refractivity contribution in [2.45, 2.75) is 6.92 Å². The van der Waals surface area contributed by atoms with Crippen LogP contribution in [0.2, 0.25) is 0 Å². The summed E-state index contributed by atoms with van der Waals surface area (Å²) < 4.78 is 11.5. The van der Waals surface area contributed by atoms with Gasteiger partial charge in [-0.2, -0.15) is 5.10 Å². The molecule has 0 amide bonds. The summed E-state index contributed by atoms with van der Waals surface area (Å²) >= 11 is 2.17. The van der Waals surface area contributed by atoms with Gasteiger partial charge in [-0.25, -0.2) is 0 Å². The van der Waals surface area contributed by atoms with Crippen LogP contribution in [0, 0.1) is 10.5 Å². The summed E-state index contributed by atoms with van der Waals surface area (Å²) in [5.74, 6) is 1.89. The first-order valence-corrected chi connectivity index (χ1v) is 6.38. The molecule has 0 spiro atoms. The molecule has 0 aliphatic rings. The minimum absolute atomic E-state index is 0.500. The summed E-state index contributed by atoms with van der Waals surface area (Å²) in [4.78, 5) is 0. The van der Waals surface area contributed by atoms with Gasteiger partial charge in [0.05, 0.1) is 23.5 Å². The molecule has 5 nitrogen and oxygen atoms in total. The van der Waals surface area contributed by atoms with Crippen molar-refractivity contribution < 1.29 is 9.47 Å². The van der Waals surface area contributed by atoms with Gasteiger partial charge in [0.2, 0.25) is 0 Å². The summed E-state index contributed by atoms with van der Waals surface area (Å²) in [5.41, 5.74) is 8.71. The fourth-order valence-corrected chi connectivity index (χ4v) is 2.30. The fraction of sp³-hybridized carbons (Fsp3) is 0.250. The SMILES string of the molecule is COc1cc(C)c(-c2[nH]nc(N)c2I)cc1OC. The fourth-order valence-electron chi connectivity index (χ4n) is 1.77. The third-order valence-corrected chi connectivity index (χ3v) is 3.82. The molecule has 6 heteroatoms. The Balaban J connectivity index is 2.61. The molecule has 0 radical (unpaired) electrons. The van der Waals surface area contributed by atoms with Gasteiger partial charge < -0.3 is 15.2 Å². The normalized spacial score (nSPS) is 10.4. The highest BCUT2D eigenvalue weighted by atomic mass is 127. The van der Waals surface area contributed by atoms with Gasteiger partial charge in [0.15, 0.2) is 17.3 Å². The molecule has 0 atom stereocenters. The van der Waals surface area contributed by atoms with Crippen molar-refractivity contribution >= 4 is 28.4 Å². The van der Waals surface area contributed by atoms with E-state index in [1.165, 1.54) is 0 Å². The third kappa shape index (κ3) is 2.12. The molecule has 0 bridgehead atoms. The number of anilines is 1. The van der Waals surface area contributed by atoms with Crippen LogP contribution in [0.15, 0.2) is 12.1 Å². The Kier molecular flexibility index (Phi) is 3.65. The Morgan fingerprint density at radius 1 is 1.22 bits per heavy atom. The molecule has 2 aromatic rings. The molecule has 96 valence electrons. The third-order valence-electron chi connectivity index (χ3n) is 2.73. The second kappa shape index (κ2) is 5.05. The first-order chi connectivity index (χ1) is 8.58. The topological polar surface area (TPSA) is 73.2 Å². The number of halogens is 1. The minimum Gasteiger partial charge on any atom is -0.493 e. The first-order valence-electron chi connectivity index (χ1n) is 5.30. The van der Waals surface area contributed by atoms with Gasteiger partial charge in [0.1, 0.15) is 0 Å². The molecule has 1 aromatic heterocycles. The van der Waals surface area contributed by atoms with E-state index in [-0.39, 0.29) is 0 Å². The van der Waals surface area contributed by atoms with Crippen molar-refractivity contribution in [3.8, 4) is 22.8 Å². The Labute approximate surface area is 119 Å². The average Bonchev–Trinajstić information content (AvgIpc) is 2.70. The molecule has 0 saturated heterocycles. The van der Waals surface area contributed by atoms with Crippen LogP contribution in [0.3, 0.4) is 0 Å². The van der Waals surface area contributed by atoms with Crippen LogP contribution in [-0.4, -0.2) is 24.4 Å². The van der Waals surface area contributed by atoms with Gasteiger partial charge in [-0.1, -0.05) is 0 Å². The number of H-pyrrole nitrogens is 1. The van der Waals surface area contributed by atoms with Crippen LogP contribution in [0.5, 0.6) is 11.5 Å². The van der Waals surface area contributed by atoms with Crippen molar-refractivity contribution in [2.24, 2.45) is 0 Å². The zero-order chi connectivity index (χ0) is 13.3. The second-order valence-corrected chi connectivity index (χ2v) is 4.90. The lowest BCUT2D eigenvalue weighted by Gasteiger charge is -2.12. The highest BCUT2D eigenvalue weighted by Gasteiger charge is 2.15. The van der Waals surface area contributed by atoms with Crippen LogP contribution < -0.4 is 15.2 Å². The zero-order valence-electron chi connectivity index (χ0n) is 10.4. The number of aromatic amines is 1. The number of aryl methyl sites for hydroxylation is 1. The van der Waals surface area contributed by atoms with Gasteiger partial charge >= 0.3 is 0 Å². The van der Waals surface area contributed by atoms with E-state index in [0.29, 0.717) is 17.3 Å². The number of rotatable bonds is 3. The van der Waals surface area contributed by atoms with Crippen molar-refractivity contribution in [1.82, 2.24) is 10.2 Å². The Bertz CT molecular complexity index is 581. The monoisotopic (exact) mass is 359 g/mol. The summed E-state index contributed by atoms with van der Waals surface area (Å²) in [7, 11) is 3.23. The van der Waals surface area contributed by atoms with E-state index >= 15 is 0 Å². The Hall–Kier alpha value is -1.44. The molecule has 0 aliphatic heterocycles. The largest absolute Gasteiger partial charge is 0.493 e. The number of nitrogens with zero attached hydrogens (tertiary/aromatic N) is 1. The lowest BCUT2D eigenvalue weighted by molar-refractivity contribution is 0.355. The minimum atomic E-state index is 0.500. The second-order valence-electron chi connectivity index (χ2n) is 3.82. The number of nitrogen functional groups attached to an aromatic ring is 1. The van der Waals surface area contributed by atoms with E-state index in [4.69, 9.17) is 15.2 Å². The molecule has 0 unspecified atom stereocenters. The number of methoxy groups -OCH3 is 2. The molecule has 2 rings (SSSR count). The summed E-state index contributed by atoms with van der Waals surface area (Å²) in [6.07, 6.45) is 0. The Morgan fingerprint density at radius 2 is 1.83 bits per heavy atom. The molecule has 3 N–H and O–H groups in total. The molecular weight excluding hydrogens is 345 g/mol. The van der Waals surface area contributed by atoms with Crippen LogP contribution in [-0.2, 0) is 0 Å². The number of hydrogen-bond donors (Lipinski definition) is 2. The predicted octanol–water partition coefficient (Wildman–Crippen LogP) is 2.59. The number of nitrogens with one attached hydrogen (secondary N) is 1. The summed E-state index contributed by atoms with van der Waals surface area (Å²) in [6.45, 7) is 2.00. The molecule has 0 saturated carbocycles. The number of ether oxygens (including phenoxy) is 2. The lowest BCUT2D eigenvalue weighted by atomic mass is 10.0. The molecular formula is C12H14IN3O2. The van der Waals surface area contributed by atoms with E-state index < -0.39 is 0 Å². The highest BCUT2D eigenvalue weighted by Crippen LogP contribution is 2.37. The molecule has 1 heterocycles. The van der Waals surface area contributed by atoms with Gasteiger partial charge in [-0.05, 0) is 47.2 Å². The summed E-state index contributed by atoms with van der Waals surface area (Å²) in [6, 6.07) is 3.85. The number of benzene rings is 1. The Morgan fingerprint density at radius 3 is 2.33 bits per heavy atom. The van der Waals surface area contributed by atoms with Crippen molar-refractivity contribution in [3.05, 3.63) is 21.3 Å². The quantitative estimate of drug-likeness (QED) is 0.827. The highest BCUT2D eigenvalue weighted by molar-refractivity contribution is 14.1. The maximum absolute atomic E-state index is 5.75. The first kappa shape index (κ1) is 13.0. The van der Waals surface area contributed by atoms with Crippen molar-refractivity contribution in [2.75, 3.05) is 20.0 Å². The standard InChI is InChI=1S/C12H14IN3O2/c1-6-4-8(17-2)9(18-3)5-7(6)11-10(13)12(14)16-15-11/h4-5H,1-3H3,(H3,14,15,16). The van der Waals surface area contributed by atoms with Crippen LogP contribution in [0.1, 0.15) is 5.56 Å². The predicted molar refractivity (Wildman–Crippen MR) is 79.0 cm³/mol. The van der Waals surface area contributed by atoms with E-state index in [9.17, 15) is 0 Å². The average molecular weight is 359 g/mol. The maximum Gasteiger partial charge on any atom is 0.161 e. The molecule has 1 aromatic carbocycles. The lowest BCUT2D eigenvalue weighted by Crippen LogP contribution is -1.94. The van der Waals surface area contributed by atoms with E-state index in [0.717, 1.165) is 20.4 Å². The van der Waals surface area contributed by atoms with Gasteiger partial charge in [-0.15, -0.1) is 0 Å². The molecule has 0 aliphatic carbocycles.